The number of aryl methyl sites for hydroxylation is 2. The summed E-state index contributed by atoms with van der Waals surface area (Å²) < 4.78 is 18.3. The van der Waals surface area contributed by atoms with E-state index in [4.69, 9.17) is 4.74 Å². The van der Waals surface area contributed by atoms with Gasteiger partial charge in [-0.2, -0.15) is 0 Å². The van der Waals surface area contributed by atoms with Crippen molar-refractivity contribution in [1.82, 2.24) is 5.32 Å². The number of nitrogens with one attached hydrogen (secondary N) is 2. The summed E-state index contributed by atoms with van der Waals surface area (Å²) in [4.78, 5) is 11.8. The van der Waals surface area contributed by atoms with Gasteiger partial charge in [-0.15, -0.1) is 0 Å². The van der Waals surface area contributed by atoms with Crippen molar-refractivity contribution in [3.8, 4) is 5.75 Å². The highest BCUT2D eigenvalue weighted by atomic mass is 19.1. The number of ether oxygens (including phenoxy) is 1. The Hall–Kier alpha value is -2.56. The van der Waals surface area contributed by atoms with Gasteiger partial charge in [0, 0.05) is 11.8 Å². The molecule has 4 nitrogen and oxygen atoms in total. The minimum Gasteiger partial charge on any atom is -0.492 e. The van der Waals surface area contributed by atoms with Crippen LogP contribution in [0.15, 0.2) is 42.5 Å². The summed E-state index contributed by atoms with van der Waals surface area (Å²) in [5.74, 6) is 0.0922. The second-order valence-corrected chi connectivity index (χ2v) is 5.06. The number of amides is 2. The number of hydrogen-bond acceptors (Lipinski definition) is 2. The number of anilines is 1. The van der Waals surface area contributed by atoms with Crippen molar-refractivity contribution in [2.24, 2.45) is 0 Å². The first-order chi connectivity index (χ1) is 10.5. The van der Waals surface area contributed by atoms with Crippen molar-refractivity contribution in [3.05, 3.63) is 59.4 Å². The van der Waals surface area contributed by atoms with Gasteiger partial charge in [-0.25, -0.2) is 9.18 Å². The number of carbonyl (C=O) groups excluding carboxylic acids is 1. The van der Waals surface area contributed by atoms with Gasteiger partial charge in [0.25, 0.3) is 0 Å². The van der Waals surface area contributed by atoms with Gasteiger partial charge in [-0.3, -0.25) is 0 Å². The molecule has 0 unspecified atom stereocenters. The monoisotopic (exact) mass is 302 g/mol. The van der Waals surface area contributed by atoms with Crippen LogP contribution >= 0.6 is 0 Å². The predicted molar refractivity (Wildman–Crippen MR) is 84.8 cm³/mol. The average Bonchev–Trinajstić information content (AvgIpc) is 2.42. The van der Waals surface area contributed by atoms with Crippen molar-refractivity contribution in [2.45, 2.75) is 13.8 Å². The van der Waals surface area contributed by atoms with Gasteiger partial charge in [0.05, 0.1) is 6.54 Å². The summed E-state index contributed by atoms with van der Waals surface area (Å²) in [6.07, 6.45) is 0. The predicted octanol–water partition coefficient (Wildman–Crippen LogP) is 3.64. The summed E-state index contributed by atoms with van der Waals surface area (Å²) in [7, 11) is 0. The number of carbonyl (C=O) groups is 1. The maximum absolute atomic E-state index is 13.0. The first-order valence-corrected chi connectivity index (χ1v) is 7.04. The van der Waals surface area contributed by atoms with Crippen LogP contribution in [-0.2, 0) is 0 Å². The molecule has 0 aliphatic heterocycles. The Bertz CT molecular complexity index is 639. The summed E-state index contributed by atoms with van der Waals surface area (Å²) in [6, 6.07) is 11.4. The number of rotatable bonds is 5. The first-order valence-electron chi connectivity index (χ1n) is 7.04. The molecule has 2 aromatic rings. The molecule has 0 atom stereocenters. The molecule has 0 spiro atoms. The van der Waals surface area contributed by atoms with E-state index in [9.17, 15) is 9.18 Å². The summed E-state index contributed by atoms with van der Waals surface area (Å²) in [5, 5.41) is 5.45. The quantitative estimate of drug-likeness (QED) is 0.828. The molecule has 0 saturated heterocycles. The van der Waals surface area contributed by atoms with E-state index in [1.165, 1.54) is 12.1 Å². The molecule has 2 amide bonds. The molecule has 2 aromatic carbocycles. The smallest absolute Gasteiger partial charge is 0.319 e. The third kappa shape index (κ3) is 5.09. The molecule has 0 aromatic heterocycles. The Morgan fingerprint density at radius 1 is 1.14 bits per heavy atom. The topological polar surface area (TPSA) is 50.4 Å². The van der Waals surface area contributed by atoms with Gasteiger partial charge in [-0.1, -0.05) is 12.1 Å². The van der Waals surface area contributed by atoms with Crippen molar-refractivity contribution in [2.75, 3.05) is 18.5 Å². The lowest BCUT2D eigenvalue weighted by Gasteiger charge is -2.10. The van der Waals surface area contributed by atoms with E-state index in [0.29, 0.717) is 12.3 Å². The minimum absolute atomic E-state index is 0.268. The molecule has 0 radical (unpaired) electrons. The molecule has 2 rings (SSSR count). The summed E-state index contributed by atoms with van der Waals surface area (Å²) in [6.45, 7) is 4.54. The average molecular weight is 302 g/mol. The Kier molecular flexibility index (Phi) is 5.36. The summed E-state index contributed by atoms with van der Waals surface area (Å²) >= 11 is 0. The first kappa shape index (κ1) is 15.8. The van der Waals surface area contributed by atoms with E-state index in [-0.39, 0.29) is 18.5 Å². The molecule has 0 aliphatic rings. The lowest BCUT2D eigenvalue weighted by atomic mass is 10.1. The molecule has 5 heteroatoms. The molecule has 116 valence electrons. The fraction of sp³-hybridized carbons (Fsp3) is 0.235. The molecule has 22 heavy (non-hydrogen) atoms. The fourth-order valence-electron chi connectivity index (χ4n) is 2.11. The van der Waals surface area contributed by atoms with Gasteiger partial charge in [0.1, 0.15) is 18.2 Å². The van der Waals surface area contributed by atoms with Crippen LogP contribution in [0.3, 0.4) is 0 Å². The zero-order valence-electron chi connectivity index (χ0n) is 12.7. The number of halogens is 1. The van der Waals surface area contributed by atoms with Crippen LogP contribution in [0.25, 0.3) is 0 Å². The van der Waals surface area contributed by atoms with Crippen LogP contribution in [0, 0.1) is 19.7 Å². The Balaban J connectivity index is 1.74. The van der Waals surface area contributed by atoms with E-state index >= 15 is 0 Å². The summed E-state index contributed by atoms with van der Waals surface area (Å²) in [5.41, 5.74) is 2.93. The number of urea groups is 1. The number of hydrogen-bond donors (Lipinski definition) is 2. The lowest BCUT2D eigenvalue weighted by Crippen LogP contribution is -2.32. The maximum atomic E-state index is 13.0. The maximum Gasteiger partial charge on any atom is 0.319 e. The van der Waals surface area contributed by atoms with Gasteiger partial charge in [0.15, 0.2) is 0 Å². The number of benzene rings is 2. The van der Waals surface area contributed by atoms with Gasteiger partial charge >= 0.3 is 6.03 Å². The van der Waals surface area contributed by atoms with Gasteiger partial charge in [-0.05, 0) is 49.2 Å². The highest BCUT2D eigenvalue weighted by Crippen LogP contribution is 2.13. The Labute approximate surface area is 129 Å². The highest BCUT2D eigenvalue weighted by Gasteiger charge is 2.02. The van der Waals surface area contributed by atoms with Crippen molar-refractivity contribution < 1.29 is 13.9 Å². The molecule has 0 fully saturated rings. The van der Waals surface area contributed by atoms with Crippen LogP contribution in [0.4, 0.5) is 14.9 Å². The van der Waals surface area contributed by atoms with Crippen LogP contribution in [0.1, 0.15) is 11.1 Å². The van der Waals surface area contributed by atoms with Crippen LogP contribution < -0.4 is 15.4 Å². The third-order valence-corrected chi connectivity index (χ3v) is 2.93. The molecule has 2 N–H and O–H groups in total. The SMILES string of the molecule is Cc1cc(C)cc(NC(=O)NCCOc2cccc(F)c2)c1. The second-order valence-electron chi connectivity index (χ2n) is 5.06. The largest absolute Gasteiger partial charge is 0.492 e. The van der Waals surface area contributed by atoms with E-state index in [1.807, 2.05) is 32.0 Å². The van der Waals surface area contributed by atoms with E-state index in [0.717, 1.165) is 16.8 Å². The van der Waals surface area contributed by atoms with E-state index < -0.39 is 0 Å². The Morgan fingerprint density at radius 3 is 2.55 bits per heavy atom. The molecule has 0 aliphatic carbocycles. The molecular weight excluding hydrogens is 283 g/mol. The molecule has 0 saturated carbocycles. The van der Waals surface area contributed by atoms with Crippen LogP contribution in [-0.4, -0.2) is 19.2 Å². The molecule has 0 bridgehead atoms. The van der Waals surface area contributed by atoms with E-state index in [1.54, 1.807) is 12.1 Å². The zero-order chi connectivity index (χ0) is 15.9. The van der Waals surface area contributed by atoms with Crippen LogP contribution in [0.2, 0.25) is 0 Å². The highest BCUT2D eigenvalue weighted by molar-refractivity contribution is 5.89. The standard InChI is InChI=1S/C17H19FN2O2/c1-12-8-13(2)10-15(9-12)20-17(21)19-6-7-22-16-5-3-4-14(18)11-16/h3-5,8-11H,6-7H2,1-2H3,(H2,19,20,21). The van der Waals surface area contributed by atoms with Crippen molar-refractivity contribution in [1.29, 1.82) is 0 Å². The third-order valence-electron chi connectivity index (χ3n) is 2.93. The van der Waals surface area contributed by atoms with Crippen molar-refractivity contribution >= 4 is 11.7 Å². The second kappa shape index (κ2) is 7.45. The molecule has 0 heterocycles. The van der Waals surface area contributed by atoms with Gasteiger partial charge in [0.2, 0.25) is 0 Å². The Morgan fingerprint density at radius 2 is 1.86 bits per heavy atom. The fourth-order valence-corrected chi connectivity index (χ4v) is 2.11. The zero-order valence-corrected chi connectivity index (χ0v) is 12.7. The van der Waals surface area contributed by atoms with Crippen molar-refractivity contribution in [3.63, 3.8) is 0 Å². The molecular formula is C17H19FN2O2. The van der Waals surface area contributed by atoms with E-state index in [2.05, 4.69) is 10.6 Å². The minimum atomic E-state index is -0.349. The lowest BCUT2D eigenvalue weighted by molar-refractivity contribution is 0.247. The van der Waals surface area contributed by atoms with Crippen LogP contribution in [0.5, 0.6) is 5.75 Å². The normalized spacial score (nSPS) is 10.1. The van der Waals surface area contributed by atoms with Gasteiger partial charge < -0.3 is 15.4 Å².